The fraction of sp³-hybridized carbons (Fsp3) is 0.857. The lowest BCUT2D eigenvalue weighted by molar-refractivity contribution is 0.0714. The average molecular weight is 283 g/mol. The number of rotatable bonds is 8. The fourth-order valence-electron chi connectivity index (χ4n) is 2.57. The smallest absolute Gasteiger partial charge is 0.229 e. The van der Waals surface area contributed by atoms with Crippen LogP contribution in [0.4, 0.5) is 0 Å². The summed E-state index contributed by atoms with van der Waals surface area (Å²) in [5.41, 5.74) is 0. The van der Waals surface area contributed by atoms with Crippen LogP contribution in [-0.2, 0) is 15.9 Å². The molecule has 0 aliphatic heterocycles. The number of hydrogen-bond acceptors (Lipinski definition) is 6. The van der Waals surface area contributed by atoms with Crippen LogP contribution in [0, 0.1) is 0 Å². The van der Waals surface area contributed by atoms with Gasteiger partial charge in [-0.2, -0.15) is 4.98 Å². The van der Waals surface area contributed by atoms with Crippen molar-refractivity contribution < 1.29 is 14.0 Å². The SMILES string of the molecule is CNC1CCC(c2nc(CCOCCOC)no2)CC1. The molecule has 0 bridgehead atoms. The van der Waals surface area contributed by atoms with Crippen molar-refractivity contribution in [2.24, 2.45) is 0 Å². The second-order valence-corrected chi connectivity index (χ2v) is 5.24. The number of ether oxygens (including phenoxy) is 2. The summed E-state index contributed by atoms with van der Waals surface area (Å²) < 4.78 is 15.7. The first kappa shape index (κ1) is 15.4. The first-order chi connectivity index (χ1) is 9.83. The van der Waals surface area contributed by atoms with Crippen molar-refractivity contribution in [3.63, 3.8) is 0 Å². The molecule has 0 radical (unpaired) electrons. The molecular weight excluding hydrogens is 258 g/mol. The topological polar surface area (TPSA) is 69.4 Å². The fourth-order valence-corrected chi connectivity index (χ4v) is 2.57. The molecule has 0 atom stereocenters. The van der Waals surface area contributed by atoms with Gasteiger partial charge in [0.1, 0.15) is 0 Å². The molecule has 1 saturated carbocycles. The Hall–Kier alpha value is -0.980. The molecule has 0 aromatic carbocycles. The van der Waals surface area contributed by atoms with Crippen LogP contribution >= 0.6 is 0 Å². The van der Waals surface area contributed by atoms with E-state index in [0.717, 1.165) is 24.6 Å². The van der Waals surface area contributed by atoms with Gasteiger partial charge in [-0.1, -0.05) is 5.16 Å². The predicted molar refractivity (Wildman–Crippen MR) is 74.8 cm³/mol. The van der Waals surface area contributed by atoms with E-state index in [1.165, 1.54) is 12.8 Å². The lowest BCUT2D eigenvalue weighted by Crippen LogP contribution is -2.29. The Morgan fingerprint density at radius 1 is 1.20 bits per heavy atom. The molecule has 0 saturated heterocycles. The molecule has 1 aromatic rings. The van der Waals surface area contributed by atoms with Gasteiger partial charge in [0.15, 0.2) is 5.82 Å². The summed E-state index contributed by atoms with van der Waals surface area (Å²) in [5, 5.41) is 7.37. The molecule has 1 aromatic heterocycles. The molecule has 6 nitrogen and oxygen atoms in total. The number of nitrogens with zero attached hydrogens (tertiary/aromatic N) is 2. The minimum atomic E-state index is 0.426. The zero-order valence-corrected chi connectivity index (χ0v) is 12.4. The zero-order chi connectivity index (χ0) is 14.2. The van der Waals surface area contributed by atoms with Crippen molar-refractivity contribution in [1.82, 2.24) is 15.5 Å². The summed E-state index contributed by atoms with van der Waals surface area (Å²) >= 11 is 0. The molecule has 0 spiro atoms. The van der Waals surface area contributed by atoms with Gasteiger partial charge in [-0.05, 0) is 32.7 Å². The van der Waals surface area contributed by atoms with Gasteiger partial charge in [0.2, 0.25) is 5.89 Å². The highest BCUT2D eigenvalue weighted by Gasteiger charge is 2.25. The van der Waals surface area contributed by atoms with E-state index in [1.54, 1.807) is 7.11 Å². The Morgan fingerprint density at radius 3 is 2.70 bits per heavy atom. The van der Waals surface area contributed by atoms with Gasteiger partial charge in [0.05, 0.1) is 19.8 Å². The minimum Gasteiger partial charge on any atom is -0.382 e. The maximum absolute atomic E-state index is 5.41. The first-order valence-electron chi connectivity index (χ1n) is 7.40. The van der Waals surface area contributed by atoms with Crippen LogP contribution < -0.4 is 5.32 Å². The number of hydrogen-bond donors (Lipinski definition) is 1. The lowest BCUT2D eigenvalue weighted by atomic mass is 9.86. The third kappa shape index (κ3) is 4.54. The zero-order valence-electron chi connectivity index (χ0n) is 12.4. The predicted octanol–water partition coefficient (Wildman–Crippen LogP) is 1.52. The Balaban J connectivity index is 1.72. The molecule has 6 heteroatoms. The Labute approximate surface area is 120 Å². The van der Waals surface area contributed by atoms with E-state index in [1.807, 2.05) is 7.05 Å². The van der Waals surface area contributed by atoms with Crippen molar-refractivity contribution in [2.45, 2.75) is 44.1 Å². The molecule has 0 unspecified atom stereocenters. The number of nitrogens with one attached hydrogen (secondary N) is 1. The van der Waals surface area contributed by atoms with Crippen molar-refractivity contribution in [1.29, 1.82) is 0 Å². The van der Waals surface area contributed by atoms with E-state index in [0.29, 0.717) is 38.2 Å². The Morgan fingerprint density at radius 2 is 2.00 bits per heavy atom. The van der Waals surface area contributed by atoms with Gasteiger partial charge in [0.25, 0.3) is 0 Å². The largest absolute Gasteiger partial charge is 0.382 e. The van der Waals surface area contributed by atoms with Crippen LogP contribution in [0.1, 0.15) is 43.3 Å². The molecule has 20 heavy (non-hydrogen) atoms. The van der Waals surface area contributed by atoms with Gasteiger partial charge < -0.3 is 19.3 Å². The van der Waals surface area contributed by atoms with Gasteiger partial charge in [-0.25, -0.2) is 0 Å². The average Bonchev–Trinajstić information content (AvgIpc) is 2.96. The van der Waals surface area contributed by atoms with Crippen LogP contribution in [0.25, 0.3) is 0 Å². The quantitative estimate of drug-likeness (QED) is 0.730. The monoisotopic (exact) mass is 283 g/mol. The van der Waals surface area contributed by atoms with E-state index in [-0.39, 0.29) is 0 Å². The van der Waals surface area contributed by atoms with Gasteiger partial charge in [-0.15, -0.1) is 0 Å². The second-order valence-electron chi connectivity index (χ2n) is 5.24. The lowest BCUT2D eigenvalue weighted by Gasteiger charge is -2.25. The van der Waals surface area contributed by atoms with E-state index in [2.05, 4.69) is 15.5 Å². The standard InChI is InChI=1S/C14H25N3O3/c1-15-12-5-3-11(4-6-12)14-16-13(17-20-14)7-8-19-10-9-18-2/h11-12,15H,3-10H2,1-2H3. The molecule has 114 valence electrons. The van der Waals surface area contributed by atoms with Crippen molar-refractivity contribution in [3.8, 4) is 0 Å². The first-order valence-corrected chi connectivity index (χ1v) is 7.40. The van der Waals surface area contributed by atoms with Crippen molar-refractivity contribution >= 4 is 0 Å². The summed E-state index contributed by atoms with van der Waals surface area (Å²) in [6.07, 6.45) is 5.30. The molecule has 1 heterocycles. The van der Waals surface area contributed by atoms with Crippen LogP contribution in [-0.4, -0.2) is 50.2 Å². The molecule has 2 rings (SSSR count). The van der Waals surface area contributed by atoms with Crippen LogP contribution in [0.5, 0.6) is 0 Å². The van der Waals surface area contributed by atoms with Crippen molar-refractivity contribution in [3.05, 3.63) is 11.7 Å². The highest BCUT2D eigenvalue weighted by Crippen LogP contribution is 2.31. The summed E-state index contributed by atoms with van der Waals surface area (Å²) in [6, 6.07) is 0.642. The summed E-state index contributed by atoms with van der Waals surface area (Å²) in [6.45, 7) is 1.83. The third-order valence-electron chi connectivity index (χ3n) is 3.87. The van der Waals surface area contributed by atoms with E-state index >= 15 is 0 Å². The maximum Gasteiger partial charge on any atom is 0.229 e. The van der Waals surface area contributed by atoms with E-state index in [4.69, 9.17) is 14.0 Å². The third-order valence-corrected chi connectivity index (χ3v) is 3.87. The number of methoxy groups -OCH3 is 1. The molecule has 1 aliphatic rings. The van der Waals surface area contributed by atoms with Crippen LogP contribution in [0.3, 0.4) is 0 Å². The Kier molecular flexibility index (Phi) is 6.42. The highest BCUT2D eigenvalue weighted by atomic mass is 16.5. The summed E-state index contributed by atoms with van der Waals surface area (Å²) in [7, 11) is 3.69. The van der Waals surface area contributed by atoms with E-state index < -0.39 is 0 Å². The molecule has 1 fully saturated rings. The second kappa shape index (κ2) is 8.34. The molecule has 1 aliphatic carbocycles. The van der Waals surface area contributed by atoms with Gasteiger partial charge in [0, 0.05) is 25.5 Å². The highest BCUT2D eigenvalue weighted by molar-refractivity contribution is 4.97. The minimum absolute atomic E-state index is 0.426. The van der Waals surface area contributed by atoms with Gasteiger partial charge >= 0.3 is 0 Å². The Bertz CT molecular complexity index is 375. The summed E-state index contributed by atoms with van der Waals surface area (Å²) in [4.78, 5) is 4.49. The normalized spacial score (nSPS) is 23.1. The molecule has 0 amide bonds. The number of aromatic nitrogens is 2. The van der Waals surface area contributed by atoms with E-state index in [9.17, 15) is 0 Å². The molecular formula is C14H25N3O3. The maximum atomic E-state index is 5.41. The van der Waals surface area contributed by atoms with Crippen LogP contribution in [0.15, 0.2) is 4.52 Å². The van der Waals surface area contributed by atoms with Crippen LogP contribution in [0.2, 0.25) is 0 Å². The van der Waals surface area contributed by atoms with Crippen molar-refractivity contribution in [2.75, 3.05) is 34.0 Å². The van der Waals surface area contributed by atoms with Gasteiger partial charge in [-0.3, -0.25) is 0 Å². The molecule has 1 N–H and O–H groups in total. The summed E-state index contributed by atoms with van der Waals surface area (Å²) in [5.74, 6) is 1.97.